The van der Waals surface area contributed by atoms with E-state index < -0.39 is 5.41 Å². The van der Waals surface area contributed by atoms with Crippen LogP contribution in [0.1, 0.15) is 62.5 Å². The van der Waals surface area contributed by atoms with Crippen molar-refractivity contribution in [2.24, 2.45) is 5.41 Å². The number of hydrogen-bond donors (Lipinski definition) is 1. The van der Waals surface area contributed by atoms with Crippen molar-refractivity contribution in [2.45, 2.75) is 53.6 Å². The Morgan fingerprint density at radius 2 is 2.11 bits per heavy atom. The van der Waals surface area contributed by atoms with Gasteiger partial charge in [-0.05, 0) is 27.2 Å². The molecule has 1 N–H and O–H groups in total. The number of rotatable bonds is 6. The van der Waals surface area contributed by atoms with E-state index in [1.807, 2.05) is 0 Å². The smallest absolute Gasteiger partial charge is 0.311 e. The lowest BCUT2D eigenvalue weighted by Gasteiger charge is -2.16. The normalized spacial score (nSPS) is 11.4. The van der Waals surface area contributed by atoms with Crippen LogP contribution in [0.4, 0.5) is 0 Å². The van der Waals surface area contributed by atoms with Gasteiger partial charge in [-0.2, -0.15) is 0 Å². The van der Waals surface area contributed by atoms with Crippen LogP contribution in [0.25, 0.3) is 0 Å². The average molecular weight is 266 g/mol. The number of esters is 1. The van der Waals surface area contributed by atoms with Gasteiger partial charge in [0.2, 0.25) is 0 Å². The summed E-state index contributed by atoms with van der Waals surface area (Å²) in [4.78, 5) is 29.9. The third-order valence-electron chi connectivity index (χ3n) is 2.70. The van der Waals surface area contributed by atoms with E-state index in [4.69, 9.17) is 4.74 Å². The number of hydrogen-bond acceptors (Lipinski definition) is 4. The number of aryl methyl sites for hydroxylation is 1. The van der Waals surface area contributed by atoms with Gasteiger partial charge in [-0.15, -0.1) is 0 Å². The van der Waals surface area contributed by atoms with E-state index >= 15 is 0 Å². The molecule has 5 heteroatoms. The molecule has 1 aromatic heterocycles. The fourth-order valence-electron chi connectivity index (χ4n) is 1.50. The number of carbonyl (C=O) groups excluding carboxylic acids is 2. The Labute approximate surface area is 113 Å². The fourth-order valence-corrected chi connectivity index (χ4v) is 1.50. The van der Waals surface area contributed by atoms with Gasteiger partial charge < -0.3 is 9.72 Å². The molecule has 0 fully saturated rings. The molecule has 1 aromatic rings. The standard InChI is InChI=1S/C14H22N2O3/c1-5-6-7-12-15-10(8-17)11(16-12)9-19-13(18)14(2,3)4/h8H,5-7,9H2,1-4H3,(H,15,16). The number of carbonyl (C=O) groups is 2. The molecule has 0 unspecified atom stereocenters. The monoisotopic (exact) mass is 266 g/mol. The quantitative estimate of drug-likeness (QED) is 0.634. The van der Waals surface area contributed by atoms with Crippen LogP contribution in [0.5, 0.6) is 0 Å². The minimum Gasteiger partial charge on any atom is -0.459 e. The maximum absolute atomic E-state index is 11.7. The van der Waals surface area contributed by atoms with Gasteiger partial charge in [-0.3, -0.25) is 9.59 Å². The zero-order chi connectivity index (χ0) is 14.5. The van der Waals surface area contributed by atoms with Gasteiger partial charge in [0.15, 0.2) is 6.29 Å². The molecule has 0 atom stereocenters. The molecule has 0 bridgehead atoms. The number of imidazole rings is 1. The number of nitrogens with zero attached hydrogens (tertiary/aromatic N) is 1. The van der Waals surface area contributed by atoms with Crippen LogP contribution in [0, 0.1) is 5.41 Å². The van der Waals surface area contributed by atoms with Crippen molar-refractivity contribution in [1.29, 1.82) is 0 Å². The molecule has 1 heterocycles. The maximum atomic E-state index is 11.7. The van der Waals surface area contributed by atoms with Crippen LogP contribution in [0.15, 0.2) is 0 Å². The number of H-pyrrole nitrogens is 1. The van der Waals surface area contributed by atoms with E-state index in [0.717, 1.165) is 25.1 Å². The summed E-state index contributed by atoms with van der Waals surface area (Å²) in [5, 5.41) is 0. The minimum atomic E-state index is -0.549. The molecule has 0 saturated carbocycles. The van der Waals surface area contributed by atoms with Crippen LogP contribution < -0.4 is 0 Å². The molecule has 0 aliphatic carbocycles. The highest BCUT2D eigenvalue weighted by Gasteiger charge is 2.23. The Bertz CT molecular complexity index is 444. The number of aromatic amines is 1. The van der Waals surface area contributed by atoms with E-state index in [9.17, 15) is 9.59 Å². The molecular formula is C14H22N2O3. The van der Waals surface area contributed by atoms with Crippen LogP contribution >= 0.6 is 0 Å². The van der Waals surface area contributed by atoms with Crippen molar-refractivity contribution in [3.05, 3.63) is 17.2 Å². The van der Waals surface area contributed by atoms with Gasteiger partial charge in [0.25, 0.3) is 0 Å². The van der Waals surface area contributed by atoms with Gasteiger partial charge in [0, 0.05) is 6.42 Å². The highest BCUT2D eigenvalue weighted by atomic mass is 16.5. The number of aldehydes is 1. The lowest BCUT2D eigenvalue weighted by Crippen LogP contribution is -2.23. The summed E-state index contributed by atoms with van der Waals surface area (Å²) < 4.78 is 5.18. The molecule has 0 amide bonds. The zero-order valence-electron chi connectivity index (χ0n) is 12.1. The molecule has 5 nitrogen and oxygen atoms in total. The molecular weight excluding hydrogens is 244 g/mol. The minimum absolute atomic E-state index is 0.0588. The first-order chi connectivity index (χ1) is 8.88. The highest BCUT2D eigenvalue weighted by Crippen LogP contribution is 2.17. The lowest BCUT2D eigenvalue weighted by molar-refractivity contribution is -0.154. The SMILES string of the molecule is CCCCc1nc(C=O)c(COC(=O)C(C)(C)C)[nH]1. The first-order valence-electron chi connectivity index (χ1n) is 6.58. The Balaban J connectivity index is 2.69. The number of aromatic nitrogens is 2. The summed E-state index contributed by atoms with van der Waals surface area (Å²) in [7, 11) is 0. The summed E-state index contributed by atoms with van der Waals surface area (Å²) >= 11 is 0. The third kappa shape index (κ3) is 4.50. The second kappa shape index (κ2) is 6.50. The molecule has 0 spiro atoms. The van der Waals surface area contributed by atoms with E-state index in [1.165, 1.54) is 0 Å². The zero-order valence-corrected chi connectivity index (χ0v) is 12.1. The first-order valence-corrected chi connectivity index (χ1v) is 6.58. The molecule has 0 saturated heterocycles. The Kier molecular flexibility index (Phi) is 5.27. The van der Waals surface area contributed by atoms with E-state index in [2.05, 4.69) is 16.9 Å². The molecule has 0 radical (unpaired) electrons. The third-order valence-corrected chi connectivity index (χ3v) is 2.70. The Hall–Kier alpha value is -1.65. The second-order valence-electron chi connectivity index (χ2n) is 5.59. The number of ether oxygens (including phenoxy) is 1. The van der Waals surface area contributed by atoms with E-state index in [1.54, 1.807) is 20.8 Å². The van der Waals surface area contributed by atoms with Crippen molar-refractivity contribution in [3.8, 4) is 0 Å². The predicted molar refractivity (Wildman–Crippen MR) is 71.8 cm³/mol. The van der Waals surface area contributed by atoms with Gasteiger partial charge in [0.1, 0.15) is 18.1 Å². The van der Waals surface area contributed by atoms with Gasteiger partial charge >= 0.3 is 5.97 Å². The van der Waals surface area contributed by atoms with E-state index in [-0.39, 0.29) is 12.6 Å². The Morgan fingerprint density at radius 1 is 1.42 bits per heavy atom. The molecule has 1 rings (SSSR count). The molecule has 0 aliphatic heterocycles. The molecule has 0 aliphatic rings. The highest BCUT2D eigenvalue weighted by molar-refractivity contribution is 5.76. The summed E-state index contributed by atoms with van der Waals surface area (Å²) in [5.41, 5.74) is 0.346. The summed E-state index contributed by atoms with van der Waals surface area (Å²) in [6, 6.07) is 0. The predicted octanol–water partition coefficient (Wildman–Crippen LogP) is 2.65. The first kappa shape index (κ1) is 15.4. The second-order valence-corrected chi connectivity index (χ2v) is 5.59. The summed E-state index contributed by atoms with van der Waals surface area (Å²) in [5.74, 6) is 0.472. The molecule has 19 heavy (non-hydrogen) atoms. The van der Waals surface area contributed by atoms with Crippen LogP contribution in [0.2, 0.25) is 0 Å². The van der Waals surface area contributed by atoms with Gasteiger partial charge in [0.05, 0.1) is 11.1 Å². The summed E-state index contributed by atoms with van der Waals surface area (Å²) in [6.45, 7) is 7.51. The van der Waals surface area contributed by atoms with Gasteiger partial charge in [-0.25, -0.2) is 4.98 Å². The van der Waals surface area contributed by atoms with E-state index in [0.29, 0.717) is 17.7 Å². The van der Waals surface area contributed by atoms with Crippen LogP contribution in [0.3, 0.4) is 0 Å². The van der Waals surface area contributed by atoms with Crippen molar-refractivity contribution in [1.82, 2.24) is 9.97 Å². The van der Waals surface area contributed by atoms with Crippen molar-refractivity contribution < 1.29 is 14.3 Å². The van der Waals surface area contributed by atoms with Crippen LogP contribution in [-0.4, -0.2) is 22.2 Å². The molecule has 0 aromatic carbocycles. The van der Waals surface area contributed by atoms with Crippen molar-refractivity contribution >= 4 is 12.3 Å². The topological polar surface area (TPSA) is 72.0 Å². The van der Waals surface area contributed by atoms with Crippen molar-refractivity contribution in [2.75, 3.05) is 0 Å². The maximum Gasteiger partial charge on any atom is 0.311 e. The largest absolute Gasteiger partial charge is 0.459 e. The average Bonchev–Trinajstić information content (AvgIpc) is 2.74. The Morgan fingerprint density at radius 3 is 2.63 bits per heavy atom. The van der Waals surface area contributed by atoms with Crippen molar-refractivity contribution in [3.63, 3.8) is 0 Å². The summed E-state index contributed by atoms with van der Waals surface area (Å²) in [6.07, 6.45) is 3.55. The lowest BCUT2D eigenvalue weighted by atomic mass is 9.97. The fraction of sp³-hybridized carbons (Fsp3) is 0.643. The van der Waals surface area contributed by atoms with Crippen LogP contribution in [-0.2, 0) is 22.6 Å². The number of nitrogens with one attached hydrogen (secondary N) is 1. The number of unbranched alkanes of at least 4 members (excludes halogenated alkanes) is 1. The molecule has 106 valence electrons. The van der Waals surface area contributed by atoms with Gasteiger partial charge in [-0.1, -0.05) is 13.3 Å².